The van der Waals surface area contributed by atoms with Crippen LogP contribution in [0.5, 0.6) is 0 Å². The number of ether oxygens (including phenoxy) is 1. The molecule has 0 saturated carbocycles. The fourth-order valence-corrected chi connectivity index (χ4v) is 3.06. The molecule has 2 N–H and O–H groups in total. The van der Waals surface area contributed by atoms with Crippen LogP contribution in [0, 0.1) is 12.7 Å². The summed E-state index contributed by atoms with van der Waals surface area (Å²) in [7, 11) is 1.74. The molecule has 0 unspecified atom stereocenters. The SMILES string of the molecule is CN=C(NCc1ccc(N2CCOCC2)cc1)NCc1ccc(F)c(C)c1. The van der Waals surface area contributed by atoms with Gasteiger partial charge in [0.15, 0.2) is 5.96 Å². The first-order chi connectivity index (χ1) is 13.2. The molecule has 0 atom stereocenters. The molecule has 3 rings (SSSR count). The number of anilines is 1. The van der Waals surface area contributed by atoms with Gasteiger partial charge in [-0.05, 0) is 41.8 Å². The number of nitrogens with one attached hydrogen (secondary N) is 2. The van der Waals surface area contributed by atoms with Gasteiger partial charge >= 0.3 is 0 Å². The van der Waals surface area contributed by atoms with E-state index in [-0.39, 0.29) is 5.82 Å². The second-order valence-corrected chi connectivity index (χ2v) is 6.63. The molecule has 0 radical (unpaired) electrons. The molecular weight excluding hydrogens is 343 g/mol. The van der Waals surface area contributed by atoms with E-state index in [1.165, 1.54) is 17.3 Å². The van der Waals surface area contributed by atoms with Gasteiger partial charge in [-0.25, -0.2) is 4.39 Å². The smallest absolute Gasteiger partial charge is 0.191 e. The fraction of sp³-hybridized carbons (Fsp3) is 0.381. The normalized spacial score (nSPS) is 14.9. The zero-order valence-electron chi connectivity index (χ0n) is 16.0. The van der Waals surface area contributed by atoms with Crippen LogP contribution in [-0.4, -0.2) is 39.3 Å². The third-order valence-corrected chi connectivity index (χ3v) is 4.68. The van der Waals surface area contributed by atoms with E-state index in [0.29, 0.717) is 24.6 Å². The lowest BCUT2D eigenvalue weighted by atomic mass is 10.1. The van der Waals surface area contributed by atoms with Gasteiger partial charge in [0.2, 0.25) is 0 Å². The summed E-state index contributed by atoms with van der Waals surface area (Å²) in [6.45, 7) is 6.51. The van der Waals surface area contributed by atoms with Crippen molar-refractivity contribution >= 4 is 11.6 Å². The number of morpholine rings is 1. The van der Waals surface area contributed by atoms with Crippen molar-refractivity contribution in [3.8, 4) is 0 Å². The molecule has 1 saturated heterocycles. The number of guanidine groups is 1. The summed E-state index contributed by atoms with van der Waals surface area (Å²) in [5, 5.41) is 6.57. The zero-order valence-corrected chi connectivity index (χ0v) is 16.0. The molecule has 2 aromatic carbocycles. The Labute approximate surface area is 160 Å². The van der Waals surface area contributed by atoms with Gasteiger partial charge in [-0.15, -0.1) is 0 Å². The third-order valence-electron chi connectivity index (χ3n) is 4.68. The van der Waals surface area contributed by atoms with Gasteiger partial charge in [0.1, 0.15) is 5.82 Å². The Bertz CT molecular complexity index is 770. The van der Waals surface area contributed by atoms with Gasteiger partial charge in [0, 0.05) is 38.9 Å². The highest BCUT2D eigenvalue weighted by molar-refractivity contribution is 5.79. The summed E-state index contributed by atoms with van der Waals surface area (Å²) in [5.74, 6) is 0.538. The standard InChI is InChI=1S/C21H27FN4O/c1-16-13-18(5-8-20(16)22)15-25-21(23-2)24-14-17-3-6-19(7-4-17)26-9-11-27-12-10-26/h3-8,13H,9-12,14-15H2,1-2H3,(H2,23,24,25). The summed E-state index contributed by atoms with van der Waals surface area (Å²) >= 11 is 0. The topological polar surface area (TPSA) is 48.9 Å². The first-order valence-electron chi connectivity index (χ1n) is 9.27. The Morgan fingerprint density at radius 2 is 1.67 bits per heavy atom. The molecule has 27 heavy (non-hydrogen) atoms. The fourth-order valence-electron chi connectivity index (χ4n) is 3.06. The van der Waals surface area contributed by atoms with E-state index in [1.54, 1.807) is 20.0 Å². The monoisotopic (exact) mass is 370 g/mol. The summed E-state index contributed by atoms with van der Waals surface area (Å²) in [4.78, 5) is 6.59. The van der Waals surface area contributed by atoms with Gasteiger partial charge in [0.05, 0.1) is 13.2 Å². The van der Waals surface area contributed by atoms with Crippen LogP contribution in [0.25, 0.3) is 0 Å². The van der Waals surface area contributed by atoms with E-state index < -0.39 is 0 Å². The number of halogens is 1. The van der Waals surface area contributed by atoms with Crippen LogP contribution in [0.15, 0.2) is 47.5 Å². The van der Waals surface area contributed by atoms with E-state index in [0.717, 1.165) is 31.9 Å². The van der Waals surface area contributed by atoms with Crippen LogP contribution in [0.1, 0.15) is 16.7 Å². The van der Waals surface area contributed by atoms with Crippen molar-refractivity contribution in [3.05, 3.63) is 65.0 Å². The van der Waals surface area contributed by atoms with Gasteiger partial charge in [0.25, 0.3) is 0 Å². The van der Waals surface area contributed by atoms with Crippen molar-refractivity contribution < 1.29 is 9.13 Å². The summed E-state index contributed by atoms with van der Waals surface area (Å²) in [5.41, 5.74) is 4.09. The average molecular weight is 370 g/mol. The number of hydrogen-bond acceptors (Lipinski definition) is 3. The van der Waals surface area contributed by atoms with Crippen molar-refractivity contribution in [3.63, 3.8) is 0 Å². The first-order valence-corrected chi connectivity index (χ1v) is 9.27. The lowest BCUT2D eigenvalue weighted by molar-refractivity contribution is 0.122. The molecular formula is C21H27FN4O. The molecule has 0 bridgehead atoms. The molecule has 0 spiro atoms. The molecule has 144 valence electrons. The molecule has 0 aromatic heterocycles. The number of nitrogens with zero attached hydrogens (tertiary/aromatic N) is 2. The van der Waals surface area contributed by atoms with E-state index in [4.69, 9.17) is 4.74 Å². The number of aliphatic imine (C=N–C) groups is 1. The van der Waals surface area contributed by atoms with E-state index in [9.17, 15) is 4.39 Å². The minimum Gasteiger partial charge on any atom is -0.378 e. The van der Waals surface area contributed by atoms with E-state index in [1.807, 2.05) is 6.07 Å². The van der Waals surface area contributed by atoms with Crippen LogP contribution in [0.2, 0.25) is 0 Å². The second kappa shape index (κ2) is 9.37. The van der Waals surface area contributed by atoms with Crippen LogP contribution >= 0.6 is 0 Å². The Kier molecular flexibility index (Phi) is 6.65. The quantitative estimate of drug-likeness (QED) is 0.628. The summed E-state index contributed by atoms with van der Waals surface area (Å²) in [6.07, 6.45) is 0. The minimum atomic E-state index is -0.179. The number of rotatable bonds is 5. The number of hydrogen-bond donors (Lipinski definition) is 2. The van der Waals surface area contributed by atoms with E-state index >= 15 is 0 Å². The number of benzene rings is 2. The maximum absolute atomic E-state index is 13.4. The molecule has 6 heteroatoms. The van der Waals surface area contributed by atoms with Crippen LogP contribution < -0.4 is 15.5 Å². The van der Waals surface area contributed by atoms with Crippen LogP contribution in [0.3, 0.4) is 0 Å². The van der Waals surface area contributed by atoms with Gasteiger partial charge in [-0.3, -0.25) is 4.99 Å². The highest BCUT2D eigenvalue weighted by atomic mass is 19.1. The third kappa shape index (κ3) is 5.44. The predicted molar refractivity (Wildman–Crippen MR) is 108 cm³/mol. The van der Waals surface area contributed by atoms with Crippen molar-refractivity contribution in [2.45, 2.75) is 20.0 Å². The van der Waals surface area contributed by atoms with Crippen molar-refractivity contribution in [2.75, 3.05) is 38.3 Å². The second-order valence-electron chi connectivity index (χ2n) is 6.63. The molecule has 1 aliphatic rings. The molecule has 5 nitrogen and oxygen atoms in total. The Balaban J connectivity index is 1.49. The number of aryl methyl sites for hydroxylation is 1. The predicted octanol–water partition coefficient (Wildman–Crippen LogP) is 2.84. The Morgan fingerprint density at radius 3 is 2.30 bits per heavy atom. The molecule has 2 aromatic rings. The maximum Gasteiger partial charge on any atom is 0.191 e. The van der Waals surface area contributed by atoms with Gasteiger partial charge in [-0.2, -0.15) is 0 Å². The lowest BCUT2D eigenvalue weighted by Gasteiger charge is -2.28. The van der Waals surface area contributed by atoms with Crippen molar-refractivity contribution in [1.29, 1.82) is 0 Å². The Hall–Kier alpha value is -2.60. The minimum absolute atomic E-state index is 0.179. The van der Waals surface area contributed by atoms with Crippen molar-refractivity contribution in [1.82, 2.24) is 10.6 Å². The highest BCUT2D eigenvalue weighted by Gasteiger charge is 2.10. The van der Waals surface area contributed by atoms with Crippen LogP contribution in [0.4, 0.5) is 10.1 Å². The molecule has 0 aliphatic carbocycles. The first kappa shape index (κ1) is 19.2. The zero-order chi connectivity index (χ0) is 19.1. The average Bonchev–Trinajstić information content (AvgIpc) is 2.72. The van der Waals surface area contributed by atoms with Gasteiger partial charge < -0.3 is 20.3 Å². The summed E-state index contributed by atoms with van der Waals surface area (Å²) < 4.78 is 18.8. The molecule has 1 aliphatic heterocycles. The Morgan fingerprint density at radius 1 is 1.04 bits per heavy atom. The molecule has 0 amide bonds. The van der Waals surface area contributed by atoms with Crippen LogP contribution in [-0.2, 0) is 17.8 Å². The van der Waals surface area contributed by atoms with Crippen molar-refractivity contribution in [2.24, 2.45) is 4.99 Å². The maximum atomic E-state index is 13.4. The largest absolute Gasteiger partial charge is 0.378 e. The van der Waals surface area contributed by atoms with Gasteiger partial charge in [-0.1, -0.05) is 24.3 Å². The highest BCUT2D eigenvalue weighted by Crippen LogP contribution is 2.16. The molecule has 1 fully saturated rings. The lowest BCUT2D eigenvalue weighted by Crippen LogP contribution is -2.36. The summed E-state index contributed by atoms with van der Waals surface area (Å²) in [6, 6.07) is 13.7. The van der Waals surface area contributed by atoms with E-state index in [2.05, 4.69) is 44.8 Å². The molecule has 1 heterocycles.